The number of likely N-dealkylation sites (tertiary alicyclic amines) is 1. The molecule has 0 spiro atoms. The van der Waals surface area contributed by atoms with E-state index in [1.54, 1.807) is 0 Å². The first-order valence-corrected chi connectivity index (χ1v) is 7.58. The minimum atomic E-state index is -0.837. The lowest BCUT2D eigenvalue weighted by atomic mass is 9.93. The minimum absolute atomic E-state index is 0.0333. The van der Waals surface area contributed by atoms with Gasteiger partial charge in [-0.3, -0.25) is 9.59 Å². The maximum absolute atomic E-state index is 12.5. The van der Waals surface area contributed by atoms with Gasteiger partial charge in [0, 0.05) is 18.5 Å². The summed E-state index contributed by atoms with van der Waals surface area (Å²) in [4.78, 5) is 25.3. The van der Waals surface area contributed by atoms with Crippen LogP contribution in [0.3, 0.4) is 0 Å². The largest absolute Gasteiger partial charge is 0.481 e. The molecule has 1 saturated heterocycles. The third-order valence-electron chi connectivity index (χ3n) is 4.91. The predicted molar refractivity (Wildman–Crippen MR) is 78.9 cm³/mol. The normalized spacial score (nSPS) is 31.2. The molecule has 4 unspecified atom stereocenters. The molecule has 0 aromatic heterocycles. The third-order valence-corrected chi connectivity index (χ3v) is 4.91. The average Bonchev–Trinajstić information content (AvgIpc) is 3.16. The topological polar surface area (TPSA) is 57.6 Å². The van der Waals surface area contributed by atoms with E-state index in [2.05, 4.69) is 26.0 Å². The van der Waals surface area contributed by atoms with Crippen LogP contribution in [0.4, 0.5) is 0 Å². The van der Waals surface area contributed by atoms with Crippen molar-refractivity contribution in [2.45, 2.75) is 38.6 Å². The van der Waals surface area contributed by atoms with Crippen molar-refractivity contribution in [1.82, 2.24) is 4.90 Å². The standard InChI is InChI=1S/C17H21NO3/c1-10-5-3-4-6-13(10)12-7-11(2)18(9-12)16(19)14-8-15(14)17(20)21/h3-6,11-12,14-15H,7-9H2,1-2H3,(H,20,21). The number of hydrogen-bond donors (Lipinski definition) is 1. The number of aliphatic carboxylic acids is 1. The van der Waals surface area contributed by atoms with Crippen LogP contribution in [0, 0.1) is 18.8 Å². The maximum atomic E-state index is 12.5. The fourth-order valence-corrected chi connectivity index (χ4v) is 3.56. The molecule has 1 saturated carbocycles. The van der Waals surface area contributed by atoms with Crippen molar-refractivity contribution in [3.8, 4) is 0 Å². The highest BCUT2D eigenvalue weighted by molar-refractivity contribution is 5.89. The van der Waals surface area contributed by atoms with Crippen LogP contribution in [0.25, 0.3) is 0 Å². The van der Waals surface area contributed by atoms with Crippen molar-refractivity contribution in [3.05, 3.63) is 35.4 Å². The van der Waals surface area contributed by atoms with E-state index < -0.39 is 11.9 Å². The van der Waals surface area contributed by atoms with Gasteiger partial charge >= 0.3 is 5.97 Å². The second-order valence-electron chi connectivity index (χ2n) is 6.42. The zero-order valence-electron chi connectivity index (χ0n) is 12.5. The molecule has 2 aliphatic rings. The first-order chi connectivity index (χ1) is 9.99. The predicted octanol–water partition coefficient (Wildman–Crippen LogP) is 2.42. The third kappa shape index (κ3) is 2.55. The van der Waals surface area contributed by atoms with E-state index >= 15 is 0 Å². The van der Waals surface area contributed by atoms with Gasteiger partial charge in [-0.25, -0.2) is 0 Å². The lowest BCUT2D eigenvalue weighted by molar-refractivity contribution is -0.142. The molecule has 112 valence electrons. The number of carbonyl (C=O) groups is 2. The molecular weight excluding hydrogens is 266 g/mol. The van der Waals surface area contributed by atoms with Gasteiger partial charge in [0.2, 0.25) is 5.91 Å². The second-order valence-corrected chi connectivity index (χ2v) is 6.42. The number of amides is 1. The summed E-state index contributed by atoms with van der Waals surface area (Å²) in [6, 6.07) is 8.50. The number of carbonyl (C=O) groups excluding carboxylic acids is 1. The first-order valence-electron chi connectivity index (χ1n) is 7.58. The summed E-state index contributed by atoms with van der Waals surface area (Å²) in [6.07, 6.45) is 1.47. The van der Waals surface area contributed by atoms with Crippen LogP contribution in [0.15, 0.2) is 24.3 Å². The molecule has 1 aromatic rings. The quantitative estimate of drug-likeness (QED) is 0.929. The summed E-state index contributed by atoms with van der Waals surface area (Å²) in [6.45, 7) is 4.88. The number of hydrogen-bond acceptors (Lipinski definition) is 2. The fourth-order valence-electron chi connectivity index (χ4n) is 3.56. The number of aryl methyl sites for hydroxylation is 1. The van der Waals surface area contributed by atoms with Crippen molar-refractivity contribution < 1.29 is 14.7 Å². The van der Waals surface area contributed by atoms with Crippen LogP contribution in [-0.2, 0) is 9.59 Å². The summed E-state index contributed by atoms with van der Waals surface area (Å²) >= 11 is 0. The molecule has 1 aliphatic heterocycles. The molecule has 4 heteroatoms. The van der Waals surface area contributed by atoms with Crippen LogP contribution in [0.5, 0.6) is 0 Å². The van der Waals surface area contributed by atoms with Crippen LogP contribution in [0.2, 0.25) is 0 Å². The molecule has 3 rings (SSSR count). The fraction of sp³-hybridized carbons (Fsp3) is 0.529. The Labute approximate surface area is 124 Å². The van der Waals surface area contributed by atoms with E-state index in [1.165, 1.54) is 11.1 Å². The monoisotopic (exact) mass is 287 g/mol. The number of nitrogens with zero attached hydrogens (tertiary/aromatic N) is 1. The van der Waals surface area contributed by atoms with Gasteiger partial charge in [-0.05, 0) is 37.8 Å². The molecule has 1 aromatic carbocycles. The summed E-state index contributed by atoms with van der Waals surface area (Å²) in [5.74, 6) is -1.18. The lowest BCUT2D eigenvalue weighted by Gasteiger charge is -2.21. The Morgan fingerprint density at radius 1 is 1.19 bits per heavy atom. The van der Waals surface area contributed by atoms with Crippen molar-refractivity contribution in [1.29, 1.82) is 0 Å². The van der Waals surface area contributed by atoms with E-state index in [0.29, 0.717) is 18.9 Å². The molecule has 21 heavy (non-hydrogen) atoms. The summed E-state index contributed by atoms with van der Waals surface area (Å²) < 4.78 is 0. The van der Waals surface area contributed by atoms with Crippen molar-refractivity contribution in [3.63, 3.8) is 0 Å². The molecular formula is C17H21NO3. The second kappa shape index (κ2) is 5.17. The molecule has 1 heterocycles. The van der Waals surface area contributed by atoms with Crippen LogP contribution < -0.4 is 0 Å². The Morgan fingerprint density at radius 2 is 1.90 bits per heavy atom. The van der Waals surface area contributed by atoms with E-state index in [9.17, 15) is 9.59 Å². The van der Waals surface area contributed by atoms with Gasteiger partial charge in [0.05, 0.1) is 11.8 Å². The zero-order valence-corrected chi connectivity index (χ0v) is 12.5. The van der Waals surface area contributed by atoms with Gasteiger partial charge in [0.1, 0.15) is 0 Å². The molecule has 1 N–H and O–H groups in total. The van der Waals surface area contributed by atoms with Gasteiger partial charge < -0.3 is 10.0 Å². The Bertz CT molecular complexity index is 583. The highest BCUT2D eigenvalue weighted by Gasteiger charge is 2.51. The molecule has 0 bridgehead atoms. The highest BCUT2D eigenvalue weighted by atomic mass is 16.4. The summed E-state index contributed by atoms with van der Waals surface area (Å²) in [5.41, 5.74) is 2.57. The number of carboxylic acid groups (broad SMARTS) is 1. The number of carboxylic acids is 1. The van der Waals surface area contributed by atoms with Gasteiger partial charge in [-0.15, -0.1) is 0 Å². The molecule has 4 nitrogen and oxygen atoms in total. The summed E-state index contributed by atoms with van der Waals surface area (Å²) in [7, 11) is 0. The Kier molecular flexibility index (Phi) is 3.47. The Balaban J connectivity index is 1.71. The minimum Gasteiger partial charge on any atom is -0.481 e. The highest BCUT2D eigenvalue weighted by Crippen LogP contribution is 2.43. The molecule has 4 atom stereocenters. The first kappa shape index (κ1) is 14.1. The van der Waals surface area contributed by atoms with Crippen LogP contribution in [0.1, 0.15) is 36.8 Å². The molecule has 2 fully saturated rings. The number of rotatable bonds is 3. The van der Waals surface area contributed by atoms with E-state index in [-0.39, 0.29) is 17.9 Å². The Morgan fingerprint density at radius 3 is 2.52 bits per heavy atom. The van der Waals surface area contributed by atoms with Crippen LogP contribution >= 0.6 is 0 Å². The van der Waals surface area contributed by atoms with E-state index in [1.807, 2.05) is 17.0 Å². The van der Waals surface area contributed by atoms with Crippen molar-refractivity contribution in [2.24, 2.45) is 11.8 Å². The van der Waals surface area contributed by atoms with Gasteiger partial charge in [-0.1, -0.05) is 24.3 Å². The van der Waals surface area contributed by atoms with Gasteiger partial charge in [-0.2, -0.15) is 0 Å². The molecule has 1 aliphatic carbocycles. The van der Waals surface area contributed by atoms with Crippen molar-refractivity contribution >= 4 is 11.9 Å². The SMILES string of the molecule is Cc1ccccc1C1CC(C)N(C(=O)C2CC2C(=O)O)C1. The number of benzene rings is 1. The van der Waals surface area contributed by atoms with E-state index in [0.717, 1.165) is 6.42 Å². The smallest absolute Gasteiger partial charge is 0.307 e. The molecule has 1 amide bonds. The van der Waals surface area contributed by atoms with Crippen molar-refractivity contribution in [2.75, 3.05) is 6.54 Å². The average molecular weight is 287 g/mol. The van der Waals surface area contributed by atoms with E-state index in [4.69, 9.17) is 5.11 Å². The zero-order chi connectivity index (χ0) is 15.1. The Hall–Kier alpha value is -1.84. The maximum Gasteiger partial charge on any atom is 0.307 e. The van der Waals surface area contributed by atoms with Gasteiger partial charge in [0.15, 0.2) is 0 Å². The van der Waals surface area contributed by atoms with Crippen LogP contribution in [-0.4, -0.2) is 34.5 Å². The van der Waals surface area contributed by atoms with Gasteiger partial charge in [0.25, 0.3) is 0 Å². The lowest BCUT2D eigenvalue weighted by Crippen LogP contribution is -2.35. The summed E-state index contributed by atoms with van der Waals surface area (Å²) in [5, 5.41) is 8.98. The molecule has 0 radical (unpaired) electrons.